The molecule has 0 saturated carbocycles. The minimum absolute atomic E-state index is 0.0386. The Balaban J connectivity index is 2.04. The van der Waals surface area contributed by atoms with Crippen molar-refractivity contribution in [3.05, 3.63) is 59.4 Å². The first-order valence-electron chi connectivity index (χ1n) is 7.93. The van der Waals surface area contributed by atoms with Gasteiger partial charge in [-0.25, -0.2) is 13.2 Å². The van der Waals surface area contributed by atoms with Crippen LogP contribution in [0.3, 0.4) is 0 Å². The smallest absolute Gasteiger partial charge is 0.303 e. The van der Waals surface area contributed by atoms with Crippen molar-refractivity contribution in [2.75, 3.05) is 0 Å². The molecular weight excluding hydrogens is 331 g/mol. The van der Waals surface area contributed by atoms with Crippen LogP contribution in [0.1, 0.15) is 24.8 Å². The Morgan fingerprint density at radius 2 is 1.72 bits per heavy atom. The third-order valence-corrected chi connectivity index (χ3v) is 4.13. The summed E-state index contributed by atoms with van der Waals surface area (Å²) in [5, 5.41) is 9.16. The molecule has 3 nitrogen and oxygen atoms in total. The van der Waals surface area contributed by atoms with Crippen molar-refractivity contribution in [2.24, 2.45) is 0 Å². The molecule has 2 N–H and O–H groups in total. The number of hydrogen-bond acceptors (Lipinski definition) is 1. The van der Waals surface area contributed by atoms with Crippen molar-refractivity contribution in [3.63, 3.8) is 0 Å². The Kier molecular flexibility index (Phi) is 4.79. The van der Waals surface area contributed by atoms with Gasteiger partial charge in [0.15, 0.2) is 0 Å². The highest BCUT2D eigenvalue weighted by Gasteiger charge is 2.17. The Morgan fingerprint density at radius 1 is 1.00 bits per heavy atom. The van der Waals surface area contributed by atoms with Gasteiger partial charge in [0.25, 0.3) is 0 Å². The van der Waals surface area contributed by atoms with Gasteiger partial charge < -0.3 is 10.1 Å². The Labute approximate surface area is 142 Å². The molecule has 1 heterocycles. The molecule has 0 unspecified atom stereocenters. The van der Waals surface area contributed by atoms with E-state index in [-0.39, 0.29) is 17.8 Å². The van der Waals surface area contributed by atoms with Gasteiger partial charge in [0.1, 0.15) is 17.5 Å². The standard InChI is InChI=1S/C19H16F3NO2/c20-12-7-5-11(6-8-12)18-14(3-1-2-4-17(24)25)15-9-13(21)10-16(22)19(15)23-18/h5-10,23H,1-4H2,(H,24,25). The number of unbranched alkanes of at least 4 members (excludes halogenated alkanes) is 1. The molecule has 130 valence electrons. The monoisotopic (exact) mass is 347 g/mol. The van der Waals surface area contributed by atoms with Crippen LogP contribution in [0.25, 0.3) is 22.2 Å². The molecule has 0 spiro atoms. The van der Waals surface area contributed by atoms with Crippen LogP contribution >= 0.6 is 0 Å². The van der Waals surface area contributed by atoms with Crippen LogP contribution in [-0.2, 0) is 11.2 Å². The topological polar surface area (TPSA) is 53.1 Å². The van der Waals surface area contributed by atoms with Crippen LogP contribution in [0.4, 0.5) is 13.2 Å². The largest absolute Gasteiger partial charge is 0.481 e. The maximum atomic E-state index is 14.1. The summed E-state index contributed by atoms with van der Waals surface area (Å²) in [5.41, 5.74) is 2.14. The average Bonchev–Trinajstić information content (AvgIpc) is 2.91. The fourth-order valence-electron chi connectivity index (χ4n) is 2.97. The first kappa shape index (κ1) is 17.1. The van der Waals surface area contributed by atoms with Crippen molar-refractivity contribution in [1.29, 1.82) is 0 Å². The van der Waals surface area contributed by atoms with Crippen LogP contribution in [0, 0.1) is 17.5 Å². The van der Waals surface area contributed by atoms with Gasteiger partial charge in [-0.3, -0.25) is 4.79 Å². The highest BCUT2D eigenvalue weighted by molar-refractivity contribution is 5.91. The summed E-state index contributed by atoms with van der Waals surface area (Å²) in [5.74, 6) is -2.65. The number of aromatic amines is 1. The molecule has 0 fully saturated rings. The Morgan fingerprint density at radius 3 is 2.40 bits per heavy atom. The first-order chi connectivity index (χ1) is 12.0. The van der Waals surface area contributed by atoms with E-state index in [1.165, 1.54) is 18.2 Å². The molecule has 6 heteroatoms. The maximum Gasteiger partial charge on any atom is 0.303 e. The highest BCUT2D eigenvalue weighted by atomic mass is 19.1. The summed E-state index contributed by atoms with van der Waals surface area (Å²) in [6.45, 7) is 0. The third kappa shape index (κ3) is 3.68. The quantitative estimate of drug-likeness (QED) is 0.613. The molecule has 3 rings (SSSR count). The second kappa shape index (κ2) is 7.01. The van der Waals surface area contributed by atoms with E-state index < -0.39 is 17.6 Å². The molecule has 0 atom stereocenters. The summed E-state index contributed by atoms with van der Waals surface area (Å²) in [4.78, 5) is 13.6. The lowest BCUT2D eigenvalue weighted by molar-refractivity contribution is -0.137. The van der Waals surface area contributed by atoms with E-state index in [0.29, 0.717) is 41.5 Å². The number of H-pyrrole nitrogens is 1. The molecule has 0 aliphatic carbocycles. The fraction of sp³-hybridized carbons (Fsp3) is 0.211. The predicted molar refractivity (Wildman–Crippen MR) is 88.8 cm³/mol. The van der Waals surface area contributed by atoms with Crippen LogP contribution in [0.15, 0.2) is 36.4 Å². The molecule has 0 amide bonds. The normalized spacial score (nSPS) is 11.2. The molecule has 0 aliphatic rings. The molecule has 0 bridgehead atoms. The van der Waals surface area contributed by atoms with E-state index in [0.717, 1.165) is 6.07 Å². The van der Waals surface area contributed by atoms with Crippen molar-refractivity contribution in [1.82, 2.24) is 4.98 Å². The van der Waals surface area contributed by atoms with Crippen molar-refractivity contribution in [2.45, 2.75) is 25.7 Å². The summed E-state index contributed by atoms with van der Waals surface area (Å²) < 4.78 is 40.9. The molecule has 0 saturated heterocycles. The zero-order chi connectivity index (χ0) is 18.0. The summed E-state index contributed by atoms with van der Waals surface area (Å²) in [6.07, 6.45) is 1.52. The zero-order valence-corrected chi connectivity index (χ0v) is 13.3. The van der Waals surface area contributed by atoms with E-state index in [1.807, 2.05) is 0 Å². The molecule has 2 aromatic carbocycles. The van der Waals surface area contributed by atoms with Gasteiger partial charge in [0, 0.05) is 23.6 Å². The van der Waals surface area contributed by atoms with E-state index >= 15 is 0 Å². The van der Waals surface area contributed by atoms with Gasteiger partial charge in [-0.05, 0) is 60.7 Å². The number of rotatable bonds is 6. The van der Waals surface area contributed by atoms with Gasteiger partial charge in [-0.2, -0.15) is 0 Å². The van der Waals surface area contributed by atoms with E-state index in [9.17, 15) is 18.0 Å². The van der Waals surface area contributed by atoms with Crippen LogP contribution < -0.4 is 0 Å². The molecule has 0 radical (unpaired) electrons. The summed E-state index contributed by atoms with van der Waals surface area (Å²) in [7, 11) is 0. The lowest BCUT2D eigenvalue weighted by Gasteiger charge is -2.05. The lowest BCUT2D eigenvalue weighted by Crippen LogP contribution is -1.95. The van der Waals surface area contributed by atoms with Gasteiger partial charge >= 0.3 is 5.97 Å². The number of benzene rings is 2. The number of halogens is 3. The number of aryl methyl sites for hydroxylation is 1. The third-order valence-electron chi connectivity index (χ3n) is 4.13. The van der Waals surface area contributed by atoms with E-state index in [1.54, 1.807) is 12.1 Å². The van der Waals surface area contributed by atoms with Gasteiger partial charge in [0.05, 0.1) is 5.52 Å². The SMILES string of the molecule is O=C(O)CCCCc1c(-c2ccc(F)cc2)[nH]c2c(F)cc(F)cc12. The number of carbonyl (C=O) groups is 1. The zero-order valence-electron chi connectivity index (χ0n) is 13.3. The second-order valence-corrected chi connectivity index (χ2v) is 5.90. The number of nitrogens with one attached hydrogen (secondary N) is 1. The number of hydrogen-bond donors (Lipinski definition) is 2. The average molecular weight is 347 g/mol. The van der Waals surface area contributed by atoms with Crippen LogP contribution in [-0.4, -0.2) is 16.1 Å². The van der Waals surface area contributed by atoms with E-state index in [2.05, 4.69) is 4.98 Å². The molecule has 1 aromatic heterocycles. The lowest BCUT2D eigenvalue weighted by atomic mass is 9.99. The fourth-order valence-corrected chi connectivity index (χ4v) is 2.97. The molecular formula is C19H16F3NO2. The maximum absolute atomic E-state index is 14.1. The van der Waals surface area contributed by atoms with E-state index in [4.69, 9.17) is 5.11 Å². The van der Waals surface area contributed by atoms with Gasteiger partial charge in [-0.1, -0.05) is 0 Å². The Bertz CT molecular complexity index is 917. The molecule has 25 heavy (non-hydrogen) atoms. The summed E-state index contributed by atoms with van der Waals surface area (Å²) >= 11 is 0. The van der Waals surface area contributed by atoms with Gasteiger partial charge in [0.2, 0.25) is 0 Å². The number of fused-ring (bicyclic) bond motifs is 1. The predicted octanol–water partition coefficient (Wildman–Crippen LogP) is 5.05. The highest BCUT2D eigenvalue weighted by Crippen LogP contribution is 2.33. The first-order valence-corrected chi connectivity index (χ1v) is 7.93. The molecule has 3 aromatic rings. The van der Waals surface area contributed by atoms with Crippen molar-refractivity contribution >= 4 is 16.9 Å². The minimum atomic E-state index is -0.880. The minimum Gasteiger partial charge on any atom is -0.481 e. The number of carboxylic acid groups (broad SMARTS) is 1. The second-order valence-electron chi connectivity index (χ2n) is 5.90. The van der Waals surface area contributed by atoms with Crippen molar-refractivity contribution < 1.29 is 23.1 Å². The summed E-state index contributed by atoms with van der Waals surface area (Å²) in [6, 6.07) is 7.79. The van der Waals surface area contributed by atoms with Gasteiger partial charge in [-0.15, -0.1) is 0 Å². The van der Waals surface area contributed by atoms with Crippen LogP contribution in [0.2, 0.25) is 0 Å². The molecule has 0 aliphatic heterocycles. The Hall–Kier alpha value is -2.76. The number of aliphatic carboxylic acids is 1. The van der Waals surface area contributed by atoms with Crippen LogP contribution in [0.5, 0.6) is 0 Å². The van der Waals surface area contributed by atoms with Crippen molar-refractivity contribution in [3.8, 4) is 11.3 Å². The number of aromatic nitrogens is 1. The number of carboxylic acids is 1.